The second-order valence-corrected chi connectivity index (χ2v) is 3.46. The van der Waals surface area contributed by atoms with Gasteiger partial charge in [0.1, 0.15) is 0 Å². The predicted octanol–water partition coefficient (Wildman–Crippen LogP) is -0.848. The fourth-order valence-electron chi connectivity index (χ4n) is 1.02. The van der Waals surface area contributed by atoms with E-state index in [0.717, 1.165) is 4.88 Å². The van der Waals surface area contributed by atoms with Crippen molar-refractivity contribution in [2.75, 3.05) is 0 Å². The zero-order valence-corrected chi connectivity index (χ0v) is 7.77. The van der Waals surface area contributed by atoms with Crippen LogP contribution in [0.5, 0.6) is 0 Å². The van der Waals surface area contributed by atoms with Crippen molar-refractivity contribution in [3.63, 3.8) is 0 Å². The van der Waals surface area contributed by atoms with Gasteiger partial charge in [0.2, 0.25) is 0 Å². The number of carboxylic acid groups (broad SMARTS) is 1. The Kier molecular flexibility index (Phi) is 2.23. The molecule has 0 saturated heterocycles. The molecular weight excluding hydrogens is 204 g/mol. The van der Waals surface area contributed by atoms with Gasteiger partial charge in [0.05, 0.1) is 17.4 Å². The molecule has 0 radical (unpaired) electrons. The number of hydrogen-bond acceptors (Lipinski definition) is 6. The quantitative estimate of drug-likeness (QED) is 0.657. The second-order valence-electron chi connectivity index (χ2n) is 2.51. The van der Waals surface area contributed by atoms with Gasteiger partial charge in [-0.1, -0.05) is 6.07 Å². The predicted molar refractivity (Wildman–Crippen MR) is 46.1 cm³/mol. The number of thiophene rings is 1. The third-order valence-electron chi connectivity index (χ3n) is 1.55. The fourth-order valence-corrected chi connectivity index (χ4v) is 1.73. The lowest BCUT2D eigenvalue weighted by molar-refractivity contribution is -0.306. The Hall–Kier alpha value is -1.76. The third kappa shape index (κ3) is 1.62. The summed E-state index contributed by atoms with van der Waals surface area (Å²) in [4.78, 5) is 11.2. The standard InChI is InChI=1S/C7H6N4O2S/c12-6(13)4-11-7(8-9-10-11)5-2-1-3-14-5/h1-3H,4H2,(H,12,13)/p-1. The van der Waals surface area contributed by atoms with E-state index in [2.05, 4.69) is 15.5 Å². The van der Waals surface area contributed by atoms with Crippen LogP contribution in [0.15, 0.2) is 17.5 Å². The summed E-state index contributed by atoms with van der Waals surface area (Å²) < 4.78 is 1.20. The van der Waals surface area contributed by atoms with Gasteiger partial charge in [0.15, 0.2) is 5.82 Å². The molecule has 0 aliphatic heterocycles. The van der Waals surface area contributed by atoms with Crippen molar-refractivity contribution in [3.8, 4) is 10.7 Å². The van der Waals surface area contributed by atoms with E-state index < -0.39 is 5.97 Å². The van der Waals surface area contributed by atoms with Crippen LogP contribution < -0.4 is 5.11 Å². The van der Waals surface area contributed by atoms with Crippen molar-refractivity contribution in [1.82, 2.24) is 20.2 Å². The maximum Gasteiger partial charge on any atom is 0.192 e. The van der Waals surface area contributed by atoms with E-state index in [-0.39, 0.29) is 6.54 Å². The SMILES string of the molecule is O=C([O-])Cn1nnnc1-c1cccs1. The van der Waals surface area contributed by atoms with Crippen LogP contribution in [0, 0.1) is 0 Å². The van der Waals surface area contributed by atoms with Gasteiger partial charge < -0.3 is 9.90 Å². The number of nitrogens with zero attached hydrogens (tertiary/aromatic N) is 4. The fraction of sp³-hybridized carbons (Fsp3) is 0.143. The average molecular weight is 209 g/mol. The molecule has 0 aliphatic rings. The summed E-state index contributed by atoms with van der Waals surface area (Å²) in [6.07, 6.45) is 0. The maximum atomic E-state index is 10.4. The molecule has 72 valence electrons. The van der Waals surface area contributed by atoms with Gasteiger partial charge in [-0.15, -0.1) is 16.4 Å². The lowest BCUT2D eigenvalue weighted by atomic mass is 10.4. The third-order valence-corrected chi connectivity index (χ3v) is 2.42. The van der Waals surface area contributed by atoms with Crippen LogP contribution in [-0.4, -0.2) is 26.2 Å². The van der Waals surface area contributed by atoms with E-state index in [1.807, 2.05) is 17.5 Å². The molecule has 0 bridgehead atoms. The molecule has 7 heteroatoms. The first-order valence-corrected chi connectivity index (χ1v) is 4.65. The Morgan fingerprint density at radius 3 is 3.14 bits per heavy atom. The van der Waals surface area contributed by atoms with Crippen LogP contribution in [0.3, 0.4) is 0 Å². The minimum absolute atomic E-state index is 0.333. The van der Waals surface area contributed by atoms with Crippen LogP contribution >= 0.6 is 11.3 Å². The van der Waals surface area contributed by atoms with Crippen LogP contribution in [0.1, 0.15) is 0 Å². The molecule has 14 heavy (non-hydrogen) atoms. The molecule has 0 fully saturated rings. The molecule has 2 rings (SSSR count). The second kappa shape index (κ2) is 3.54. The normalized spacial score (nSPS) is 10.3. The number of carboxylic acids is 1. The summed E-state index contributed by atoms with van der Waals surface area (Å²) in [5.74, 6) is -0.765. The van der Waals surface area contributed by atoms with Gasteiger partial charge in [-0.25, -0.2) is 4.68 Å². The minimum atomic E-state index is -1.21. The molecule has 0 N–H and O–H groups in total. The summed E-state index contributed by atoms with van der Waals surface area (Å²) in [6.45, 7) is -0.333. The van der Waals surface area contributed by atoms with E-state index in [1.54, 1.807) is 0 Å². The Morgan fingerprint density at radius 1 is 1.64 bits per heavy atom. The van der Waals surface area contributed by atoms with Crippen LogP contribution in [0.4, 0.5) is 0 Å². The summed E-state index contributed by atoms with van der Waals surface area (Å²) in [5, 5.41) is 22.9. The summed E-state index contributed by atoms with van der Waals surface area (Å²) in [6, 6.07) is 3.67. The first-order chi connectivity index (χ1) is 6.77. The highest BCUT2D eigenvalue weighted by Gasteiger charge is 2.08. The van der Waals surface area contributed by atoms with E-state index in [9.17, 15) is 9.90 Å². The van der Waals surface area contributed by atoms with Crippen molar-refractivity contribution < 1.29 is 9.90 Å². The summed E-state index contributed by atoms with van der Waals surface area (Å²) in [5.41, 5.74) is 0. The highest BCUT2D eigenvalue weighted by atomic mass is 32.1. The number of carbonyl (C=O) groups is 1. The molecule has 0 spiro atoms. The lowest BCUT2D eigenvalue weighted by Crippen LogP contribution is -2.28. The van der Waals surface area contributed by atoms with Crippen molar-refractivity contribution in [2.24, 2.45) is 0 Å². The smallest absolute Gasteiger partial charge is 0.192 e. The molecule has 2 heterocycles. The molecule has 0 amide bonds. The number of tetrazole rings is 1. The molecule has 0 unspecified atom stereocenters. The van der Waals surface area contributed by atoms with E-state index in [1.165, 1.54) is 16.0 Å². The van der Waals surface area contributed by atoms with Gasteiger partial charge in [0, 0.05) is 0 Å². The van der Waals surface area contributed by atoms with E-state index in [4.69, 9.17) is 0 Å². The van der Waals surface area contributed by atoms with Gasteiger partial charge in [-0.3, -0.25) is 0 Å². The van der Waals surface area contributed by atoms with Crippen molar-refractivity contribution in [1.29, 1.82) is 0 Å². The molecule has 0 saturated carbocycles. The Morgan fingerprint density at radius 2 is 2.50 bits per heavy atom. The van der Waals surface area contributed by atoms with Crippen LogP contribution in [0.2, 0.25) is 0 Å². The first kappa shape index (κ1) is 8.82. The number of aromatic nitrogens is 4. The molecule has 0 aromatic carbocycles. The molecule has 2 aromatic heterocycles. The summed E-state index contributed by atoms with van der Waals surface area (Å²) in [7, 11) is 0. The summed E-state index contributed by atoms with van der Waals surface area (Å²) >= 11 is 1.45. The Balaban J connectivity index is 2.35. The Bertz CT molecular complexity index is 436. The molecule has 0 aliphatic carbocycles. The minimum Gasteiger partial charge on any atom is -0.548 e. The topological polar surface area (TPSA) is 83.7 Å². The van der Waals surface area contributed by atoms with Crippen LogP contribution in [0.25, 0.3) is 10.7 Å². The van der Waals surface area contributed by atoms with E-state index >= 15 is 0 Å². The largest absolute Gasteiger partial charge is 0.548 e. The van der Waals surface area contributed by atoms with Crippen molar-refractivity contribution in [3.05, 3.63) is 17.5 Å². The van der Waals surface area contributed by atoms with Gasteiger partial charge in [-0.05, 0) is 21.9 Å². The molecule has 2 aromatic rings. The van der Waals surface area contributed by atoms with E-state index in [0.29, 0.717) is 5.82 Å². The van der Waals surface area contributed by atoms with Gasteiger partial charge >= 0.3 is 0 Å². The zero-order chi connectivity index (χ0) is 9.97. The monoisotopic (exact) mass is 209 g/mol. The average Bonchev–Trinajstić information content (AvgIpc) is 2.70. The molecular formula is C7H5N4O2S-. The molecule has 0 atom stereocenters. The van der Waals surface area contributed by atoms with Crippen molar-refractivity contribution in [2.45, 2.75) is 6.54 Å². The Labute approximate surface area is 82.8 Å². The van der Waals surface area contributed by atoms with Gasteiger partial charge in [0.25, 0.3) is 0 Å². The van der Waals surface area contributed by atoms with Crippen molar-refractivity contribution >= 4 is 17.3 Å². The van der Waals surface area contributed by atoms with Gasteiger partial charge in [-0.2, -0.15) is 0 Å². The molecule has 6 nitrogen and oxygen atoms in total. The maximum absolute atomic E-state index is 10.4. The highest BCUT2D eigenvalue weighted by molar-refractivity contribution is 7.13. The number of carbonyl (C=O) groups excluding carboxylic acids is 1. The number of hydrogen-bond donors (Lipinski definition) is 0. The number of aliphatic carboxylic acids is 1. The lowest BCUT2D eigenvalue weighted by Gasteiger charge is -2.02. The zero-order valence-electron chi connectivity index (χ0n) is 6.95. The number of rotatable bonds is 3. The highest BCUT2D eigenvalue weighted by Crippen LogP contribution is 2.20. The van der Waals surface area contributed by atoms with Crippen LogP contribution in [-0.2, 0) is 11.3 Å². The first-order valence-electron chi connectivity index (χ1n) is 3.77.